The molecule has 1 aromatic carbocycles. The van der Waals surface area contributed by atoms with Crippen LogP contribution in [-0.2, 0) is 4.74 Å². The van der Waals surface area contributed by atoms with Crippen LogP contribution < -0.4 is 5.32 Å². The number of hydrogen-bond donors (Lipinski definition) is 1. The van der Waals surface area contributed by atoms with Gasteiger partial charge in [-0.3, -0.25) is 0 Å². The molecule has 1 amide bonds. The summed E-state index contributed by atoms with van der Waals surface area (Å²) in [5, 5.41) is 3.01. The number of nitrogens with one attached hydrogen (secondary N) is 1. The molecule has 0 aliphatic rings. The number of halogens is 2. The van der Waals surface area contributed by atoms with Crippen LogP contribution in [0.4, 0.5) is 9.18 Å². The molecular weight excluding hydrogens is 269 g/mol. The van der Waals surface area contributed by atoms with E-state index in [0.717, 1.165) is 0 Å². The summed E-state index contributed by atoms with van der Waals surface area (Å²) < 4.78 is 18.1. The Balaban J connectivity index is 2.47. The zero-order valence-corrected chi connectivity index (χ0v) is 11.9. The first kappa shape index (κ1) is 15.5. The molecule has 0 atom stereocenters. The topological polar surface area (TPSA) is 38.3 Å². The van der Waals surface area contributed by atoms with E-state index in [2.05, 4.69) is 5.32 Å². The van der Waals surface area contributed by atoms with Crippen LogP contribution in [0.3, 0.4) is 0 Å². The Kier molecular flexibility index (Phi) is 5.36. The van der Waals surface area contributed by atoms with E-state index in [4.69, 9.17) is 16.3 Å². The Hall–Kier alpha value is -1.55. The Morgan fingerprint density at radius 3 is 2.79 bits per heavy atom. The lowest BCUT2D eigenvalue weighted by molar-refractivity contribution is 0.0534. The van der Waals surface area contributed by atoms with Crippen molar-refractivity contribution in [3.05, 3.63) is 40.7 Å². The maximum absolute atomic E-state index is 13.0. The van der Waals surface area contributed by atoms with E-state index < -0.39 is 11.7 Å². The Morgan fingerprint density at radius 2 is 2.16 bits per heavy atom. The molecule has 1 rings (SSSR count). The van der Waals surface area contributed by atoms with Gasteiger partial charge in [0.2, 0.25) is 0 Å². The van der Waals surface area contributed by atoms with Crippen molar-refractivity contribution in [3.8, 4) is 0 Å². The fraction of sp³-hybridized carbons (Fsp3) is 0.357. The summed E-state index contributed by atoms with van der Waals surface area (Å²) in [6.45, 7) is 5.64. The number of carbonyl (C=O) groups is 1. The van der Waals surface area contributed by atoms with E-state index in [0.29, 0.717) is 10.6 Å². The maximum Gasteiger partial charge on any atom is 0.407 e. The number of carbonyl (C=O) groups excluding carboxylic acids is 1. The summed E-state index contributed by atoms with van der Waals surface area (Å²) >= 11 is 5.89. The fourth-order valence-corrected chi connectivity index (χ4v) is 1.47. The van der Waals surface area contributed by atoms with Gasteiger partial charge in [-0.2, -0.15) is 0 Å². The Morgan fingerprint density at radius 1 is 1.47 bits per heavy atom. The molecule has 5 heteroatoms. The number of benzene rings is 1. The van der Waals surface area contributed by atoms with E-state index in [1.54, 1.807) is 32.9 Å². The van der Waals surface area contributed by atoms with E-state index in [9.17, 15) is 9.18 Å². The zero-order valence-electron chi connectivity index (χ0n) is 11.2. The normalized spacial score (nSPS) is 11.6. The lowest BCUT2D eigenvalue weighted by Gasteiger charge is -2.19. The fourth-order valence-electron chi connectivity index (χ4n) is 1.28. The molecule has 0 saturated carbocycles. The van der Waals surface area contributed by atoms with E-state index in [1.165, 1.54) is 18.2 Å². The van der Waals surface area contributed by atoms with Gasteiger partial charge in [0, 0.05) is 11.6 Å². The third-order valence-electron chi connectivity index (χ3n) is 2.02. The Bertz CT molecular complexity index is 481. The van der Waals surface area contributed by atoms with Crippen molar-refractivity contribution in [2.24, 2.45) is 0 Å². The molecule has 1 N–H and O–H groups in total. The van der Waals surface area contributed by atoms with Crippen LogP contribution in [0, 0.1) is 5.82 Å². The quantitative estimate of drug-likeness (QED) is 0.911. The summed E-state index contributed by atoms with van der Waals surface area (Å²) in [6, 6.07) is 4.10. The molecule has 104 valence electrons. The molecule has 0 aliphatic carbocycles. The second-order valence-corrected chi connectivity index (χ2v) is 5.36. The summed E-state index contributed by atoms with van der Waals surface area (Å²) in [5.41, 5.74) is 0.0345. The van der Waals surface area contributed by atoms with Gasteiger partial charge in [-0.25, -0.2) is 9.18 Å². The van der Waals surface area contributed by atoms with Crippen LogP contribution in [0.5, 0.6) is 0 Å². The average Bonchev–Trinajstić information content (AvgIpc) is 2.26. The van der Waals surface area contributed by atoms with Gasteiger partial charge >= 0.3 is 6.09 Å². The lowest BCUT2D eigenvalue weighted by Crippen LogP contribution is -2.32. The number of rotatable bonds is 3. The van der Waals surface area contributed by atoms with Gasteiger partial charge in [0.15, 0.2) is 0 Å². The molecule has 0 bridgehead atoms. The predicted molar refractivity (Wildman–Crippen MR) is 74.7 cm³/mol. The molecule has 0 saturated heterocycles. The molecule has 0 unspecified atom stereocenters. The highest BCUT2D eigenvalue weighted by Gasteiger charge is 2.14. The van der Waals surface area contributed by atoms with Gasteiger partial charge in [-0.05, 0) is 44.5 Å². The SMILES string of the molecule is CC(C)(C)OC(=O)NCC=Cc1cc(F)ccc1Cl. The Labute approximate surface area is 117 Å². The highest BCUT2D eigenvalue weighted by atomic mass is 35.5. The lowest BCUT2D eigenvalue weighted by atomic mass is 10.2. The van der Waals surface area contributed by atoms with Crippen molar-refractivity contribution in [2.75, 3.05) is 6.54 Å². The monoisotopic (exact) mass is 285 g/mol. The first-order valence-corrected chi connectivity index (χ1v) is 6.24. The molecular formula is C14H17ClFNO2. The maximum atomic E-state index is 13.0. The molecule has 0 spiro atoms. The standard InChI is InChI=1S/C14H17ClFNO2/c1-14(2,3)19-13(18)17-8-4-5-10-9-11(16)6-7-12(10)15/h4-7,9H,8H2,1-3H3,(H,17,18). The second-order valence-electron chi connectivity index (χ2n) is 4.95. The first-order valence-electron chi connectivity index (χ1n) is 5.86. The van der Waals surface area contributed by atoms with Crippen LogP contribution in [0.15, 0.2) is 24.3 Å². The molecule has 0 heterocycles. The number of ether oxygens (including phenoxy) is 1. The van der Waals surface area contributed by atoms with Gasteiger partial charge in [-0.1, -0.05) is 23.8 Å². The number of amides is 1. The van der Waals surface area contributed by atoms with Crippen molar-refractivity contribution in [1.29, 1.82) is 0 Å². The van der Waals surface area contributed by atoms with Crippen LogP contribution in [0.1, 0.15) is 26.3 Å². The van der Waals surface area contributed by atoms with Gasteiger partial charge in [-0.15, -0.1) is 0 Å². The second kappa shape index (κ2) is 6.57. The third-order valence-corrected chi connectivity index (χ3v) is 2.36. The van der Waals surface area contributed by atoms with Crippen molar-refractivity contribution in [3.63, 3.8) is 0 Å². The number of hydrogen-bond acceptors (Lipinski definition) is 2. The highest BCUT2D eigenvalue weighted by molar-refractivity contribution is 6.32. The van der Waals surface area contributed by atoms with Gasteiger partial charge in [0.1, 0.15) is 11.4 Å². The molecule has 0 radical (unpaired) electrons. The summed E-state index contributed by atoms with van der Waals surface area (Å²) in [6.07, 6.45) is 2.82. The highest BCUT2D eigenvalue weighted by Crippen LogP contribution is 2.18. The van der Waals surface area contributed by atoms with Crippen LogP contribution in [-0.4, -0.2) is 18.2 Å². The minimum absolute atomic E-state index is 0.280. The van der Waals surface area contributed by atoms with Crippen LogP contribution in [0.25, 0.3) is 6.08 Å². The summed E-state index contributed by atoms with van der Waals surface area (Å²) in [4.78, 5) is 11.3. The molecule has 3 nitrogen and oxygen atoms in total. The van der Waals surface area contributed by atoms with Crippen molar-refractivity contribution < 1.29 is 13.9 Å². The number of alkyl carbamates (subject to hydrolysis) is 1. The van der Waals surface area contributed by atoms with Gasteiger partial charge < -0.3 is 10.1 Å². The van der Waals surface area contributed by atoms with Crippen molar-refractivity contribution in [1.82, 2.24) is 5.32 Å². The van der Waals surface area contributed by atoms with Crippen molar-refractivity contribution >= 4 is 23.8 Å². The predicted octanol–water partition coefficient (Wildman–Crippen LogP) is 4.02. The third kappa shape index (κ3) is 6.25. The zero-order chi connectivity index (χ0) is 14.5. The summed E-state index contributed by atoms with van der Waals surface area (Å²) in [5.74, 6) is -0.357. The van der Waals surface area contributed by atoms with E-state index in [1.807, 2.05) is 0 Å². The minimum Gasteiger partial charge on any atom is -0.444 e. The first-order chi connectivity index (χ1) is 8.78. The molecule has 1 aromatic rings. The smallest absolute Gasteiger partial charge is 0.407 e. The van der Waals surface area contributed by atoms with Gasteiger partial charge in [0.05, 0.1) is 0 Å². The average molecular weight is 286 g/mol. The largest absolute Gasteiger partial charge is 0.444 e. The van der Waals surface area contributed by atoms with Crippen LogP contribution >= 0.6 is 11.6 Å². The van der Waals surface area contributed by atoms with Gasteiger partial charge in [0.25, 0.3) is 0 Å². The molecule has 19 heavy (non-hydrogen) atoms. The van der Waals surface area contributed by atoms with Crippen molar-refractivity contribution in [2.45, 2.75) is 26.4 Å². The molecule has 0 aromatic heterocycles. The minimum atomic E-state index is -0.528. The van der Waals surface area contributed by atoms with E-state index >= 15 is 0 Å². The summed E-state index contributed by atoms with van der Waals surface area (Å²) in [7, 11) is 0. The van der Waals surface area contributed by atoms with E-state index in [-0.39, 0.29) is 12.4 Å². The molecule has 0 aliphatic heterocycles. The van der Waals surface area contributed by atoms with Crippen LogP contribution in [0.2, 0.25) is 5.02 Å². The molecule has 0 fully saturated rings.